The molecule has 126 valence electrons. The summed E-state index contributed by atoms with van der Waals surface area (Å²) in [7, 11) is 0. The van der Waals surface area contributed by atoms with Crippen molar-refractivity contribution in [3.8, 4) is 0 Å². The monoisotopic (exact) mass is 332 g/mol. The van der Waals surface area contributed by atoms with E-state index in [9.17, 15) is 14.4 Å². The highest BCUT2D eigenvalue weighted by molar-refractivity contribution is 6.35. The molecule has 0 radical (unpaired) electrons. The van der Waals surface area contributed by atoms with Gasteiger partial charge in [0.15, 0.2) is 0 Å². The number of carbonyl (C=O) groups is 3. The zero-order chi connectivity index (χ0) is 15.6. The van der Waals surface area contributed by atoms with E-state index in [1.54, 1.807) is 4.90 Å². The molecule has 2 unspecified atom stereocenters. The molecular weight excluding hydrogens is 308 g/mol. The zero-order valence-corrected chi connectivity index (χ0v) is 14.0. The third-order valence-corrected chi connectivity index (χ3v) is 4.42. The lowest BCUT2D eigenvalue weighted by Gasteiger charge is -2.34. The van der Waals surface area contributed by atoms with E-state index in [0.29, 0.717) is 38.6 Å². The van der Waals surface area contributed by atoms with Crippen LogP contribution in [0.3, 0.4) is 0 Å². The van der Waals surface area contributed by atoms with Gasteiger partial charge in [-0.25, -0.2) is 0 Å². The molecule has 0 aromatic rings. The highest BCUT2D eigenvalue weighted by atomic mass is 35.5. The highest BCUT2D eigenvalue weighted by Crippen LogP contribution is 2.22. The van der Waals surface area contributed by atoms with Crippen molar-refractivity contribution in [2.45, 2.75) is 26.3 Å². The van der Waals surface area contributed by atoms with Gasteiger partial charge in [0.05, 0.1) is 0 Å². The van der Waals surface area contributed by atoms with Crippen molar-refractivity contribution in [2.24, 2.45) is 11.7 Å². The molecule has 0 aromatic carbocycles. The van der Waals surface area contributed by atoms with Crippen LogP contribution in [-0.4, -0.2) is 77.7 Å². The summed E-state index contributed by atoms with van der Waals surface area (Å²) in [6, 6.07) is 0.147. The van der Waals surface area contributed by atoms with Gasteiger partial charge < -0.3 is 20.4 Å². The fourth-order valence-electron chi connectivity index (χ4n) is 3.08. The SMILES string of the molecule is CCN1CCN(CC(=O)N2CC(CN)CC2C)C(=O)C1=O.Cl. The van der Waals surface area contributed by atoms with Gasteiger partial charge in [-0.1, -0.05) is 0 Å². The number of nitrogens with two attached hydrogens (primary N) is 1. The molecule has 0 saturated carbocycles. The Morgan fingerprint density at radius 3 is 2.36 bits per heavy atom. The molecule has 3 amide bonds. The number of rotatable bonds is 4. The van der Waals surface area contributed by atoms with Gasteiger partial charge in [-0.2, -0.15) is 0 Å². The molecule has 7 nitrogen and oxygen atoms in total. The summed E-state index contributed by atoms with van der Waals surface area (Å²) in [4.78, 5) is 40.8. The summed E-state index contributed by atoms with van der Waals surface area (Å²) in [5.74, 6) is -0.840. The van der Waals surface area contributed by atoms with E-state index in [0.717, 1.165) is 6.42 Å². The number of nitrogens with zero attached hydrogens (tertiary/aromatic N) is 3. The van der Waals surface area contributed by atoms with E-state index in [-0.39, 0.29) is 30.9 Å². The van der Waals surface area contributed by atoms with Gasteiger partial charge in [-0.05, 0) is 32.7 Å². The molecule has 2 aliphatic heterocycles. The van der Waals surface area contributed by atoms with Crippen molar-refractivity contribution in [1.29, 1.82) is 0 Å². The maximum atomic E-state index is 12.4. The van der Waals surface area contributed by atoms with Crippen molar-refractivity contribution in [3.05, 3.63) is 0 Å². The Bertz CT molecular complexity index is 446. The fourth-order valence-corrected chi connectivity index (χ4v) is 3.08. The van der Waals surface area contributed by atoms with Crippen LogP contribution < -0.4 is 5.73 Å². The zero-order valence-electron chi connectivity index (χ0n) is 13.2. The van der Waals surface area contributed by atoms with Gasteiger partial charge in [-0.3, -0.25) is 14.4 Å². The first-order valence-electron chi connectivity index (χ1n) is 7.55. The van der Waals surface area contributed by atoms with Gasteiger partial charge in [0.25, 0.3) is 0 Å². The summed E-state index contributed by atoms with van der Waals surface area (Å²) >= 11 is 0. The minimum absolute atomic E-state index is 0. The van der Waals surface area contributed by atoms with Crippen molar-refractivity contribution in [3.63, 3.8) is 0 Å². The Hall–Kier alpha value is -1.34. The number of amides is 3. The standard InChI is InChI=1S/C14H24N4O3.ClH/c1-3-16-4-5-17(14(21)13(16)20)9-12(19)18-8-11(7-15)6-10(18)2;/h10-11H,3-9,15H2,1-2H3;1H. The summed E-state index contributed by atoms with van der Waals surface area (Å²) in [6.45, 7) is 6.48. The number of halogens is 1. The Balaban J connectivity index is 0.00000242. The van der Waals surface area contributed by atoms with Crippen LogP contribution in [0.25, 0.3) is 0 Å². The van der Waals surface area contributed by atoms with Crippen LogP contribution in [0.4, 0.5) is 0 Å². The molecule has 2 rings (SSSR count). The summed E-state index contributed by atoms with van der Waals surface area (Å²) in [5.41, 5.74) is 5.66. The number of hydrogen-bond acceptors (Lipinski definition) is 4. The van der Waals surface area contributed by atoms with Crippen LogP contribution in [-0.2, 0) is 14.4 Å². The third-order valence-electron chi connectivity index (χ3n) is 4.42. The van der Waals surface area contributed by atoms with E-state index < -0.39 is 11.8 Å². The van der Waals surface area contributed by atoms with Crippen LogP contribution in [0.15, 0.2) is 0 Å². The first-order chi connectivity index (χ1) is 9.97. The van der Waals surface area contributed by atoms with Crippen molar-refractivity contribution < 1.29 is 14.4 Å². The number of likely N-dealkylation sites (N-methyl/N-ethyl adjacent to an activating group) is 1. The smallest absolute Gasteiger partial charge is 0.312 e. The van der Waals surface area contributed by atoms with Crippen molar-refractivity contribution >= 4 is 30.1 Å². The normalized spacial score (nSPS) is 25.5. The van der Waals surface area contributed by atoms with E-state index in [1.807, 2.05) is 13.8 Å². The van der Waals surface area contributed by atoms with E-state index >= 15 is 0 Å². The average Bonchev–Trinajstić information content (AvgIpc) is 2.85. The molecule has 8 heteroatoms. The van der Waals surface area contributed by atoms with Crippen molar-refractivity contribution in [1.82, 2.24) is 14.7 Å². The lowest BCUT2D eigenvalue weighted by molar-refractivity contribution is -0.157. The second-order valence-corrected chi connectivity index (χ2v) is 5.84. The minimum atomic E-state index is -0.571. The Morgan fingerprint density at radius 1 is 1.23 bits per heavy atom. The van der Waals surface area contributed by atoms with Crippen LogP contribution in [0.5, 0.6) is 0 Å². The van der Waals surface area contributed by atoms with E-state index in [4.69, 9.17) is 5.73 Å². The summed E-state index contributed by atoms with van der Waals surface area (Å²) in [6.07, 6.45) is 0.902. The van der Waals surface area contributed by atoms with Gasteiger partial charge >= 0.3 is 11.8 Å². The van der Waals surface area contributed by atoms with E-state index in [2.05, 4.69) is 0 Å². The molecule has 22 heavy (non-hydrogen) atoms. The maximum Gasteiger partial charge on any atom is 0.312 e. The van der Waals surface area contributed by atoms with Gasteiger partial charge in [0.2, 0.25) is 5.91 Å². The maximum absolute atomic E-state index is 12.4. The summed E-state index contributed by atoms with van der Waals surface area (Å²) in [5, 5.41) is 0. The number of carbonyl (C=O) groups excluding carboxylic acids is 3. The molecule has 2 fully saturated rings. The molecule has 2 saturated heterocycles. The molecule has 2 atom stereocenters. The highest BCUT2D eigenvalue weighted by Gasteiger charge is 2.36. The molecule has 2 aliphatic rings. The summed E-state index contributed by atoms with van der Waals surface area (Å²) < 4.78 is 0. The quantitative estimate of drug-likeness (QED) is 0.689. The first kappa shape index (κ1) is 18.7. The molecule has 0 bridgehead atoms. The van der Waals surface area contributed by atoms with Gasteiger partial charge in [0, 0.05) is 32.2 Å². The van der Waals surface area contributed by atoms with E-state index in [1.165, 1.54) is 9.80 Å². The van der Waals surface area contributed by atoms with Crippen LogP contribution in [0, 0.1) is 5.92 Å². The van der Waals surface area contributed by atoms with Crippen molar-refractivity contribution in [2.75, 3.05) is 39.3 Å². The largest absolute Gasteiger partial charge is 0.338 e. The predicted octanol–water partition coefficient (Wildman–Crippen LogP) is -0.705. The lowest BCUT2D eigenvalue weighted by atomic mass is 10.1. The molecule has 0 aliphatic carbocycles. The van der Waals surface area contributed by atoms with Crippen LogP contribution in [0.2, 0.25) is 0 Å². The second kappa shape index (κ2) is 7.78. The molecule has 2 heterocycles. The average molecular weight is 333 g/mol. The number of hydrogen-bond donors (Lipinski definition) is 1. The Kier molecular flexibility index (Phi) is 6.62. The lowest BCUT2D eigenvalue weighted by Crippen LogP contribution is -2.56. The third kappa shape index (κ3) is 3.70. The predicted molar refractivity (Wildman–Crippen MR) is 84.4 cm³/mol. The number of likely N-dealkylation sites (tertiary alicyclic amines) is 1. The fraction of sp³-hybridized carbons (Fsp3) is 0.786. The van der Waals surface area contributed by atoms with Gasteiger partial charge in [-0.15, -0.1) is 12.4 Å². The molecular formula is C14H25ClN4O3. The first-order valence-corrected chi connectivity index (χ1v) is 7.55. The van der Waals surface area contributed by atoms with Crippen LogP contribution in [0.1, 0.15) is 20.3 Å². The molecule has 0 spiro atoms. The Labute approximate surface area is 137 Å². The van der Waals surface area contributed by atoms with Gasteiger partial charge in [0.1, 0.15) is 6.54 Å². The Morgan fingerprint density at radius 2 is 1.82 bits per heavy atom. The number of piperazine rings is 1. The van der Waals surface area contributed by atoms with Crippen LogP contribution >= 0.6 is 12.4 Å². The molecule has 0 aromatic heterocycles. The molecule has 2 N–H and O–H groups in total. The topological polar surface area (TPSA) is 86.9 Å². The second-order valence-electron chi connectivity index (χ2n) is 5.84. The minimum Gasteiger partial charge on any atom is -0.338 e.